The van der Waals surface area contributed by atoms with Crippen molar-refractivity contribution in [3.63, 3.8) is 0 Å². The predicted molar refractivity (Wildman–Crippen MR) is 81.9 cm³/mol. The molecule has 0 aromatic carbocycles. The fourth-order valence-electron chi connectivity index (χ4n) is 3.08. The highest BCUT2D eigenvalue weighted by molar-refractivity contribution is 14.0. The third kappa shape index (κ3) is 3.06. The molecule has 3 nitrogen and oxygen atoms in total. The van der Waals surface area contributed by atoms with Crippen molar-refractivity contribution in [1.82, 2.24) is 10.2 Å². The summed E-state index contributed by atoms with van der Waals surface area (Å²) in [6, 6.07) is 0. The molecule has 0 spiro atoms. The van der Waals surface area contributed by atoms with Crippen LogP contribution in [0.1, 0.15) is 32.1 Å². The number of aliphatic imine (C=N–C) groups is 1. The van der Waals surface area contributed by atoms with E-state index >= 15 is 0 Å². The van der Waals surface area contributed by atoms with Crippen molar-refractivity contribution in [3.8, 4) is 0 Å². The molecule has 0 radical (unpaired) electrons. The van der Waals surface area contributed by atoms with Gasteiger partial charge in [-0.05, 0) is 30.6 Å². The summed E-state index contributed by atoms with van der Waals surface area (Å²) in [6.45, 7) is 3.32. The highest BCUT2D eigenvalue weighted by Crippen LogP contribution is 2.51. The standard InChI is InChI=1S/C13H23N3.HI/c1-16-7-3-6-14-13(16)15-9-11-8-12(11)10-4-2-5-10;/h10-12H,2-9H2,1H3,(H,14,15);1H/t11-,12-;/m0./s1. The van der Waals surface area contributed by atoms with Crippen LogP contribution in [0.5, 0.6) is 0 Å². The Kier molecular flexibility index (Phi) is 4.55. The molecule has 0 saturated heterocycles. The van der Waals surface area contributed by atoms with Crippen LogP contribution in [0.3, 0.4) is 0 Å². The molecular weight excluding hydrogens is 325 g/mol. The Labute approximate surface area is 121 Å². The van der Waals surface area contributed by atoms with Crippen LogP contribution in [0, 0.1) is 17.8 Å². The molecule has 0 aromatic rings. The lowest BCUT2D eigenvalue weighted by Gasteiger charge is -2.27. The normalized spacial score (nSPS) is 32.3. The second-order valence-electron chi connectivity index (χ2n) is 5.71. The van der Waals surface area contributed by atoms with Gasteiger partial charge in [0.15, 0.2) is 5.96 Å². The van der Waals surface area contributed by atoms with Gasteiger partial charge in [0.1, 0.15) is 0 Å². The zero-order chi connectivity index (χ0) is 11.0. The summed E-state index contributed by atoms with van der Waals surface area (Å²) in [7, 11) is 2.14. The van der Waals surface area contributed by atoms with Crippen LogP contribution in [-0.2, 0) is 0 Å². The highest BCUT2D eigenvalue weighted by atomic mass is 127. The van der Waals surface area contributed by atoms with Crippen molar-refractivity contribution in [2.45, 2.75) is 32.1 Å². The fraction of sp³-hybridized carbons (Fsp3) is 0.923. The number of halogens is 1. The number of nitrogens with one attached hydrogen (secondary N) is 1. The number of guanidine groups is 1. The number of hydrogen-bond acceptors (Lipinski definition) is 3. The van der Waals surface area contributed by atoms with Crippen LogP contribution in [0.4, 0.5) is 0 Å². The first kappa shape index (κ1) is 13.4. The van der Waals surface area contributed by atoms with Crippen molar-refractivity contribution in [2.75, 3.05) is 26.7 Å². The Morgan fingerprint density at radius 3 is 2.82 bits per heavy atom. The predicted octanol–water partition coefficient (Wildman–Crippen LogP) is 2.32. The molecule has 0 bridgehead atoms. The first-order valence-corrected chi connectivity index (χ1v) is 6.84. The summed E-state index contributed by atoms with van der Waals surface area (Å²) in [4.78, 5) is 6.80. The molecule has 0 amide bonds. The van der Waals surface area contributed by atoms with Gasteiger partial charge in [0.25, 0.3) is 0 Å². The van der Waals surface area contributed by atoms with Gasteiger partial charge in [0.2, 0.25) is 0 Å². The van der Waals surface area contributed by atoms with E-state index in [1.54, 1.807) is 0 Å². The fourth-order valence-corrected chi connectivity index (χ4v) is 3.08. The molecule has 0 aromatic heterocycles. The molecule has 1 N–H and O–H groups in total. The molecule has 3 rings (SSSR count). The summed E-state index contributed by atoms with van der Waals surface area (Å²) in [5.74, 6) is 4.21. The summed E-state index contributed by atoms with van der Waals surface area (Å²) < 4.78 is 0. The van der Waals surface area contributed by atoms with E-state index in [1.165, 1.54) is 32.1 Å². The highest BCUT2D eigenvalue weighted by Gasteiger charge is 2.44. The van der Waals surface area contributed by atoms with Crippen molar-refractivity contribution in [2.24, 2.45) is 22.7 Å². The summed E-state index contributed by atoms with van der Waals surface area (Å²) >= 11 is 0. The zero-order valence-corrected chi connectivity index (χ0v) is 13.0. The Balaban J connectivity index is 0.00000108. The van der Waals surface area contributed by atoms with Gasteiger partial charge >= 0.3 is 0 Å². The molecule has 3 aliphatic rings. The van der Waals surface area contributed by atoms with Crippen molar-refractivity contribution < 1.29 is 0 Å². The molecule has 2 aliphatic carbocycles. The maximum Gasteiger partial charge on any atom is 0.193 e. The minimum Gasteiger partial charge on any atom is -0.356 e. The summed E-state index contributed by atoms with van der Waals surface area (Å²) in [5, 5.41) is 3.54. The quantitative estimate of drug-likeness (QED) is 0.792. The number of rotatable bonds is 3. The Hall–Kier alpha value is 0. The van der Waals surface area contributed by atoms with Crippen LogP contribution in [-0.4, -0.2) is 37.5 Å². The Morgan fingerprint density at radius 1 is 1.35 bits per heavy atom. The minimum absolute atomic E-state index is 0. The lowest BCUT2D eigenvalue weighted by atomic mass is 9.81. The molecule has 98 valence electrons. The second kappa shape index (κ2) is 5.76. The average molecular weight is 349 g/mol. The van der Waals surface area contributed by atoms with E-state index < -0.39 is 0 Å². The van der Waals surface area contributed by atoms with Crippen molar-refractivity contribution in [1.29, 1.82) is 0 Å². The van der Waals surface area contributed by atoms with E-state index in [1.807, 2.05) is 0 Å². The van der Waals surface area contributed by atoms with Crippen LogP contribution in [0.25, 0.3) is 0 Å². The molecule has 2 fully saturated rings. The summed E-state index contributed by atoms with van der Waals surface area (Å²) in [5.41, 5.74) is 0. The van der Waals surface area contributed by atoms with E-state index in [2.05, 4.69) is 22.3 Å². The zero-order valence-electron chi connectivity index (χ0n) is 10.7. The molecule has 2 atom stereocenters. The van der Waals surface area contributed by atoms with Crippen LogP contribution in [0.2, 0.25) is 0 Å². The summed E-state index contributed by atoms with van der Waals surface area (Å²) in [6.07, 6.45) is 7.16. The third-order valence-corrected chi connectivity index (χ3v) is 4.53. The SMILES string of the molecule is CN1CCCN=C1NC[C@@H]1C[C@H]1C1CCC1.I. The van der Waals surface area contributed by atoms with Gasteiger partial charge in [0, 0.05) is 26.7 Å². The Bertz CT molecular complexity index is 288. The first-order valence-electron chi connectivity index (χ1n) is 6.84. The molecule has 4 heteroatoms. The first-order chi connectivity index (χ1) is 7.84. The molecule has 1 heterocycles. The number of nitrogens with zero attached hydrogens (tertiary/aromatic N) is 2. The largest absolute Gasteiger partial charge is 0.356 e. The van der Waals surface area contributed by atoms with Gasteiger partial charge in [0.05, 0.1) is 0 Å². The van der Waals surface area contributed by atoms with E-state index in [-0.39, 0.29) is 24.0 Å². The Morgan fingerprint density at radius 2 is 2.18 bits per heavy atom. The van der Waals surface area contributed by atoms with Gasteiger partial charge in [-0.25, -0.2) is 0 Å². The molecule has 17 heavy (non-hydrogen) atoms. The van der Waals surface area contributed by atoms with Crippen molar-refractivity contribution in [3.05, 3.63) is 0 Å². The smallest absolute Gasteiger partial charge is 0.193 e. The average Bonchev–Trinajstić information content (AvgIpc) is 2.94. The number of hydrogen-bond donors (Lipinski definition) is 1. The maximum atomic E-state index is 4.55. The van der Waals surface area contributed by atoms with Crippen LogP contribution >= 0.6 is 24.0 Å². The third-order valence-electron chi connectivity index (χ3n) is 4.53. The van der Waals surface area contributed by atoms with Gasteiger partial charge in [-0.3, -0.25) is 4.99 Å². The van der Waals surface area contributed by atoms with Crippen molar-refractivity contribution >= 4 is 29.9 Å². The monoisotopic (exact) mass is 349 g/mol. The maximum absolute atomic E-state index is 4.55. The topological polar surface area (TPSA) is 27.6 Å². The van der Waals surface area contributed by atoms with E-state index in [4.69, 9.17) is 0 Å². The molecule has 0 unspecified atom stereocenters. The molecule has 1 aliphatic heterocycles. The van der Waals surface area contributed by atoms with Gasteiger partial charge in [-0.1, -0.05) is 19.3 Å². The molecule has 2 saturated carbocycles. The lowest BCUT2D eigenvalue weighted by Crippen LogP contribution is -2.43. The lowest BCUT2D eigenvalue weighted by molar-refractivity contribution is 0.265. The minimum atomic E-state index is 0. The van der Waals surface area contributed by atoms with Gasteiger partial charge < -0.3 is 10.2 Å². The molecular formula is C13H24IN3. The van der Waals surface area contributed by atoms with Gasteiger partial charge in [-0.2, -0.15) is 0 Å². The van der Waals surface area contributed by atoms with Gasteiger partial charge in [-0.15, -0.1) is 24.0 Å². The van der Waals surface area contributed by atoms with E-state index in [0.29, 0.717) is 0 Å². The second-order valence-corrected chi connectivity index (χ2v) is 5.71. The van der Waals surface area contributed by atoms with E-state index in [9.17, 15) is 0 Å². The van der Waals surface area contributed by atoms with Crippen LogP contribution < -0.4 is 5.32 Å². The van der Waals surface area contributed by atoms with Crippen LogP contribution in [0.15, 0.2) is 4.99 Å². The van der Waals surface area contributed by atoms with E-state index in [0.717, 1.165) is 43.3 Å².